The minimum absolute atomic E-state index is 0.462. The number of hydrogen-bond acceptors (Lipinski definition) is 3. The number of amides is 1. The third kappa shape index (κ3) is 3.74. The molecule has 0 saturated carbocycles. The van der Waals surface area contributed by atoms with Gasteiger partial charge in [-0.3, -0.25) is 4.79 Å². The van der Waals surface area contributed by atoms with Gasteiger partial charge < -0.3 is 16.4 Å². The van der Waals surface area contributed by atoms with Crippen molar-refractivity contribution in [3.05, 3.63) is 29.3 Å². The van der Waals surface area contributed by atoms with Gasteiger partial charge in [-0.15, -0.1) is 0 Å². The highest BCUT2D eigenvalue weighted by Crippen LogP contribution is 2.18. The predicted molar refractivity (Wildman–Crippen MR) is 75.6 cm³/mol. The zero-order valence-electron chi connectivity index (χ0n) is 11.7. The van der Waals surface area contributed by atoms with Gasteiger partial charge in [-0.2, -0.15) is 0 Å². The van der Waals surface area contributed by atoms with E-state index in [1.165, 1.54) is 11.1 Å². The number of benzene rings is 1. The second-order valence-electron chi connectivity index (χ2n) is 5.30. The molecule has 1 aromatic rings. The molecule has 4 nitrogen and oxygen atoms in total. The summed E-state index contributed by atoms with van der Waals surface area (Å²) >= 11 is 0. The van der Waals surface area contributed by atoms with E-state index in [2.05, 4.69) is 36.9 Å². The van der Waals surface area contributed by atoms with E-state index in [0.29, 0.717) is 13.0 Å². The summed E-state index contributed by atoms with van der Waals surface area (Å²) in [4.78, 5) is 13.2. The fourth-order valence-corrected chi connectivity index (χ4v) is 1.82. The van der Waals surface area contributed by atoms with Gasteiger partial charge in [0, 0.05) is 19.3 Å². The largest absolute Gasteiger partial charge is 0.374 e. The molecule has 1 unspecified atom stereocenters. The lowest BCUT2D eigenvalue weighted by Crippen LogP contribution is -2.51. The van der Waals surface area contributed by atoms with E-state index in [1.807, 2.05) is 7.05 Å². The molecule has 100 valence electrons. The van der Waals surface area contributed by atoms with Crippen molar-refractivity contribution >= 4 is 11.6 Å². The molecule has 0 aliphatic carbocycles. The molecule has 18 heavy (non-hydrogen) atoms. The lowest BCUT2D eigenvalue weighted by molar-refractivity contribution is -0.122. The SMILES string of the molecule is Cc1cc(C)cc(N(C)CCC(C)(N)C(N)=O)c1. The van der Waals surface area contributed by atoms with Crippen LogP contribution in [0.3, 0.4) is 0 Å². The van der Waals surface area contributed by atoms with Crippen LogP contribution < -0.4 is 16.4 Å². The molecule has 1 aromatic carbocycles. The van der Waals surface area contributed by atoms with Gasteiger partial charge in [0.2, 0.25) is 5.91 Å². The lowest BCUT2D eigenvalue weighted by Gasteiger charge is -2.26. The first-order chi connectivity index (χ1) is 8.22. The Morgan fingerprint density at radius 3 is 2.22 bits per heavy atom. The maximum Gasteiger partial charge on any atom is 0.237 e. The molecule has 0 spiro atoms. The van der Waals surface area contributed by atoms with Crippen LogP contribution in [0.15, 0.2) is 18.2 Å². The number of anilines is 1. The van der Waals surface area contributed by atoms with Crippen LogP contribution in [-0.2, 0) is 4.79 Å². The molecule has 1 amide bonds. The summed E-state index contributed by atoms with van der Waals surface area (Å²) in [6.07, 6.45) is 0.534. The highest BCUT2D eigenvalue weighted by atomic mass is 16.1. The Morgan fingerprint density at radius 2 is 1.78 bits per heavy atom. The zero-order chi connectivity index (χ0) is 13.9. The second-order valence-corrected chi connectivity index (χ2v) is 5.30. The maximum absolute atomic E-state index is 11.2. The van der Waals surface area contributed by atoms with E-state index in [0.717, 1.165) is 5.69 Å². The summed E-state index contributed by atoms with van der Waals surface area (Å²) in [6.45, 7) is 6.51. The molecule has 0 fully saturated rings. The number of carbonyl (C=O) groups excluding carboxylic acids is 1. The van der Waals surface area contributed by atoms with Crippen molar-refractivity contribution in [3.63, 3.8) is 0 Å². The van der Waals surface area contributed by atoms with Gasteiger partial charge in [-0.05, 0) is 50.5 Å². The topological polar surface area (TPSA) is 72.3 Å². The summed E-state index contributed by atoms with van der Waals surface area (Å²) < 4.78 is 0. The summed E-state index contributed by atoms with van der Waals surface area (Å²) in [5.74, 6) is -0.462. The minimum atomic E-state index is -0.951. The predicted octanol–water partition coefficient (Wildman–Crippen LogP) is 1.33. The van der Waals surface area contributed by atoms with Gasteiger partial charge in [0.25, 0.3) is 0 Å². The molecule has 4 heteroatoms. The van der Waals surface area contributed by atoms with Crippen molar-refractivity contribution in [3.8, 4) is 0 Å². The van der Waals surface area contributed by atoms with Crippen LogP contribution in [0, 0.1) is 13.8 Å². The number of nitrogens with two attached hydrogens (primary N) is 2. The van der Waals surface area contributed by atoms with Crippen molar-refractivity contribution in [1.29, 1.82) is 0 Å². The summed E-state index contributed by atoms with van der Waals surface area (Å²) in [5, 5.41) is 0. The van der Waals surface area contributed by atoms with Gasteiger partial charge in [-0.1, -0.05) is 6.07 Å². The first-order valence-corrected chi connectivity index (χ1v) is 6.10. The Bertz CT molecular complexity index is 420. The minimum Gasteiger partial charge on any atom is -0.374 e. The van der Waals surface area contributed by atoms with Crippen LogP contribution in [0.1, 0.15) is 24.5 Å². The monoisotopic (exact) mass is 249 g/mol. The molecule has 0 bridgehead atoms. The van der Waals surface area contributed by atoms with Gasteiger partial charge in [0.15, 0.2) is 0 Å². The van der Waals surface area contributed by atoms with Gasteiger partial charge in [0.05, 0.1) is 5.54 Å². The van der Waals surface area contributed by atoms with Crippen molar-refractivity contribution in [2.24, 2.45) is 11.5 Å². The first kappa shape index (κ1) is 14.5. The molecule has 0 aliphatic rings. The fraction of sp³-hybridized carbons (Fsp3) is 0.500. The summed E-state index contributed by atoms with van der Waals surface area (Å²) in [7, 11) is 1.99. The number of hydrogen-bond donors (Lipinski definition) is 2. The number of aryl methyl sites for hydroxylation is 2. The van der Waals surface area contributed by atoms with E-state index in [9.17, 15) is 4.79 Å². The Kier molecular flexibility index (Phi) is 4.35. The average Bonchev–Trinajstić information content (AvgIpc) is 2.24. The van der Waals surface area contributed by atoms with Gasteiger partial charge >= 0.3 is 0 Å². The van der Waals surface area contributed by atoms with E-state index < -0.39 is 11.4 Å². The van der Waals surface area contributed by atoms with Crippen LogP contribution in [0.5, 0.6) is 0 Å². The van der Waals surface area contributed by atoms with Crippen LogP contribution in [0.4, 0.5) is 5.69 Å². The highest BCUT2D eigenvalue weighted by Gasteiger charge is 2.25. The summed E-state index contributed by atoms with van der Waals surface area (Å²) in [5.41, 5.74) is 13.7. The van der Waals surface area contributed by atoms with Crippen LogP contribution in [0.2, 0.25) is 0 Å². The summed E-state index contributed by atoms with van der Waals surface area (Å²) in [6, 6.07) is 6.37. The third-order valence-corrected chi connectivity index (χ3v) is 3.18. The number of rotatable bonds is 5. The average molecular weight is 249 g/mol. The Balaban J connectivity index is 2.71. The third-order valence-electron chi connectivity index (χ3n) is 3.18. The molecular formula is C14H23N3O. The molecular weight excluding hydrogens is 226 g/mol. The second kappa shape index (κ2) is 5.40. The molecule has 0 heterocycles. The number of carbonyl (C=O) groups is 1. The van der Waals surface area contributed by atoms with E-state index in [4.69, 9.17) is 11.5 Å². The molecule has 0 saturated heterocycles. The van der Waals surface area contributed by atoms with Crippen LogP contribution >= 0.6 is 0 Å². The molecule has 4 N–H and O–H groups in total. The smallest absolute Gasteiger partial charge is 0.237 e. The Morgan fingerprint density at radius 1 is 1.28 bits per heavy atom. The molecule has 0 aliphatic heterocycles. The van der Waals surface area contributed by atoms with E-state index in [-0.39, 0.29) is 0 Å². The highest BCUT2D eigenvalue weighted by molar-refractivity contribution is 5.83. The Hall–Kier alpha value is -1.55. The van der Waals surface area contributed by atoms with Crippen LogP contribution in [0.25, 0.3) is 0 Å². The van der Waals surface area contributed by atoms with E-state index in [1.54, 1.807) is 6.92 Å². The molecule has 1 rings (SSSR count). The lowest BCUT2D eigenvalue weighted by atomic mass is 9.98. The standard InChI is InChI=1S/C14H23N3O/c1-10-7-11(2)9-12(8-10)17(4)6-5-14(3,16)13(15)18/h7-9H,5-6,16H2,1-4H3,(H2,15,18). The quantitative estimate of drug-likeness (QED) is 0.827. The maximum atomic E-state index is 11.2. The van der Waals surface area contributed by atoms with Crippen molar-refractivity contribution in [2.75, 3.05) is 18.5 Å². The number of primary amides is 1. The number of nitrogens with zero attached hydrogens (tertiary/aromatic N) is 1. The molecule has 1 atom stereocenters. The molecule has 0 radical (unpaired) electrons. The fourth-order valence-electron chi connectivity index (χ4n) is 1.82. The van der Waals surface area contributed by atoms with Gasteiger partial charge in [0.1, 0.15) is 0 Å². The normalized spacial score (nSPS) is 14.1. The first-order valence-electron chi connectivity index (χ1n) is 6.10. The van der Waals surface area contributed by atoms with Crippen LogP contribution in [-0.4, -0.2) is 25.0 Å². The molecule has 0 aromatic heterocycles. The van der Waals surface area contributed by atoms with Gasteiger partial charge in [-0.25, -0.2) is 0 Å². The van der Waals surface area contributed by atoms with Crippen molar-refractivity contribution in [2.45, 2.75) is 32.7 Å². The van der Waals surface area contributed by atoms with Crippen molar-refractivity contribution in [1.82, 2.24) is 0 Å². The Labute approximate surface area is 109 Å². The zero-order valence-corrected chi connectivity index (χ0v) is 11.7. The van der Waals surface area contributed by atoms with E-state index >= 15 is 0 Å². The van der Waals surface area contributed by atoms with Crippen molar-refractivity contribution < 1.29 is 4.79 Å².